The van der Waals surface area contributed by atoms with Crippen LogP contribution in [0.4, 0.5) is 0 Å². The summed E-state index contributed by atoms with van der Waals surface area (Å²) >= 11 is 0. The summed E-state index contributed by atoms with van der Waals surface area (Å²) < 4.78 is 9.65. The van der Waals surface area contributed by atoms with Crippen LogP contribution < -0.4 is 4.65 Å². The van der Waals surface area contributed by atoms with Gasteiger partial charge in [-0.3, -0.25) is 0 Å². The molecule has 0 spiro atoms. The average Bonchev–Trinajstić information content (AvgIpc) is 2.53. The topological polar surface area (TPSA) is 54.5 Å². The van der Waals surface area contributed by atoms with E-state index in [1.54, 1.807) is 18.3 Å². The molecule has 0 aromatic carbocycles. The Morgan fingerprint density at radius 1 is 1.75 bits per heavy atom. The number of hydrogen-bond acceptors (Lipinski definition) is 3. The molecule has 0 bridgehead atoms. The molecular formula is C7H10BNO3. The predicted molar refractivity (Wildman–Crippen MR) is 45.5 cm³/mol. The summed E-state index contributed by atoms with van der Waals surface area (Å²) in [5, 5.41) is 9.04. The number of aromatic amines is 1. The molecule has 0 saturated heterocycles. The van der Waals surface area contributed by atoms with Crippen LogP contribution in [0.25, 0.3) is 0 Å². The van der Waals surface area contributed by atoms with E-state index in [-0.39, 0.29) is 6.61 Å². The quantitative estimate of drug-likeness (QED) is 0.497. The van der Waals surface area contributed by atoms with Gasteiger partial charge < -0.3 is 19.3 Å². The van der Waals surface area contributed by atoms with Crippen LogP contribution >= 0.6 is 0 Å². The molecule has 0 aliphatic heterocycles. The molecule has 1 aromatic heterocycles. The number of aromatic nitrogens is 1. The molecule has 0 unspecified atom stereocenters. The largest absolute Gasteiger partial charge is 0.711 e. The Morgan fingerprint density at radius 2 is 2.58 bits per heavy atom. The minimum atomic E-state index is -1.25. The van der Waals surface area contributed by atoms with Gasteiger partial charge in [-0.05, 0) is 12.1 Å². The monoisotopic (exact) mass is 167 g/mol. The second-order valence-electron chi connectivity index (χ2n) is 2.08. The zero-order valence-electron chi connectivity index (χ0n) is 6.56. The van der Waals surface area contributed by atoms with Crippen LogP contribution in [0, 0.1) is 0 Å². The molecule has 0 aliphatic carbocycles. The van der Waals surface area contributed by atoms with Crippen molar-refractivity contribution in [2.45, 2.75) is 0 Å². The van der Waals surface area contributed by atoms with Gasteiger partial charge in [-0.25, -0.2) is 0 Å². The van der Waals surface area contributed by atoms with Gasteiger partial charge in [-0.1, -0.05) is 6.08 Å². The van der Waals surface area contributed by atoms with Gasteiger partial charge in [0.2, 0.25) is 0 Å². The summed E-state index contributed by atoms with van der Waals surface area (Å²) in [7, 11) is -1.25. The molecule has 1 rings (SSSR count). The number of H-pyrrole nitrogens is 1. The molecule has 0 fully saturated rings. The predicted octanol–water partition coefficient (Wildman–Crippen LogP) is 0.573. The Kier molecular flexibility index (Phi) is 3.44. The third-order valence-corrected chi connectivity index (χ3v) is 1.15. The molecule has 1 aromatic rings. The Morgan fingerprint density at radius 3 is 3.17 bits per heavy atom. The van der Waals surface area contributed by atoms with E-state index in [0.717, 1.165) is 0 Å². The number of rotatable bonds is 5. The van der Waals surface area contributed by atoms with Gasteiger partial charge in [0.05, 0.1) is 6.61 Å². The molecule has 0 saturated carbocycles. The van der Waals surface area contributed by atoms with Gasteiger partial charge in [0.15, 0.2) is 5.88 Å². The van der Waals surface area contributed by atoms with E-state index < -0.39 is 7.32 Å². The lowest BCUT2D eigenvalue weighted by Crippen LogP contribution is -2.26. The molecule has 64 valence electrons. The minimum Gasteiger partial charge on any atom is -0.499 e. The summed E-state index contributed by atoms with van der Waals surface area (Å²) in [6.45, 7) is 3.68. The normalized spacial score (nSPS) is 9.42. The third-order valence-electron chi connectivity index (χ3n) is 1.15. The van der Waals surface area contributed by atoms with Gasteiger partial charge in [-0.2, -0.15) is 0 Å². The maximum atomic E-state index is 9.04. The smallest absolute Gasteiger partial charge is 0.499 e. The van der Waals surface area contributed by atoms with Gasteiger partial charge in [-0.15, -0.1) is 6.58 Å². The maximum absolute atomic E-state index is 9.04. The first-order chi connectivity index (χ1) is 5.83. The van der Waals surface area contributed by atoms with E-state index in [1.165, 1.54) is 6.08 Å². The third kappa shape index (κ3) is 2.81. The Bertz CT molecular complexity index is 225. The highest BCUT2D eigenvalue weighted by atomic mass is 16.7. The fourth-order valence-corrected chi connectivity index (χ4v) is 0.680. The van der Waals surface area contributed by atoms with Crippen LogP contribution in [0.3, 0.4) is 0 Å². The zero-order chi connectivity index (χ0) is 8.81. The van der Waals surface area contributed by atoms with E-state index in [0.29, 0.717) is 5.88 Å². The molecule has 12 heavy (non-hydrogen) atoms. The van der Waals surface area contributed by atoms with Crippen molar-refractivity contribution in [2.24, 2.45) is 0 Å². The fraction of sp³-hybridized carbons (Fsp3) is 0.143. The first kappa shape index (κ1) is 8.90. The van der Waals surface area contributed by atoms with Gasteiger partial charge >= 0.3 is 7.32 Å². The zero-order valence-corrected chi connectivity index (χ0v) is 6.56. The SMILES string of the molecule is C=CCOB(O)Oc1ccc[nH]1. The van der Waals surface area contributed by atoms with E-state index in [9.17, 15) is 0 Å². The highest BCUT2D eigenvalue weighted by Gasteiger charge is 2.17. The molecule has 0 radical (unpaired) electrons. The second-order valence-corrected chi connectivity index (χ2v) is 2.08. The van der Waals surface area contributed by atoms with E-state index >= 15 is 0 Å². The summed E-state index contributed by atoms with van der Waals surface area (Å²) in [6.07, 6.45) is 3.22. The summed E-state index contributed by atoms with van der Waals surface area (Å²) in [5.74, 6) is 0.464. The first-order valence-corrected chi connectivity index (χ1v) is 3.53. The molecule has 2 N–H and O–H groups in total. The second kappa shape index (κ2) is 4.64. The average molecular weight is 167 g/mol. The van der Waals surface area contributed by atoms with Crippen molar-refractivity contribution in [3.8, 4) is 5.88 Å². The fourth-order valence-electron chi connectivity index (χ4n) is 0.680. The van der Waals surface area contributed by atoms with Crippen molar-refractivity contribution in [3.05, 3.63) is 31.0 Å². The van der Waals surface area contributed by atoms with E-state index in [1.807, 2.05) is 0 Å². The van der Waals surface area contributed by atoms with Crippen LogP contribution in [0.15, 0.2) is 31.0 Å². The van der Waals surface area contributed by atoms with Crippen LogP contribution in [-0.2, 0) is 4.65 Å². The van der Waals surface area contributed by atoms with Crippen LogP contribution in [0.2, 0.25) is 0 Å². The lowest BCUT2D eigenvalue weighted by atomic mass is 10.2. The number of nitrogens with one attached hydrogen (secondary N) is 1. The van der Waals surface area contributed by atoms with Crippen molar-refractivity contribution in [1.82, 2.24) is 4.98 Å². The maximum Gasteiger partial charge on any atom is 0.711 e. The first-order valence-electron chi connectivity index (χ1n) is 3.53. The van der Waals surface area contributed by atoms with Crippen LogP contribution in [0.1, 0.15) is 0 Å². The van der Waals surface area contributed by atoms with Crippen molar-refractivity contribution in [1.29, 1.82) is 0 Å². The van der Waals surface area contributed by atoms with Crippen molar-refractivity contribution in [3.63, 3.8) is 0 Å². The molecule has 5 heteroatoms. The summed E-state index contributed by atoms with van der Waals surface area (Å²) in [5.41, 5.74) is 0. The van der Waals surface area contributed by atoms with E-state index in [4.69, 9.17) is 14.3 Å². The molecule has 0 amide bonds. The minimum absolute atomic E-state index is 0.252. The highest BCUT2D eigenvalue weighted by Crippen LogP contribution is 2.05. The molecule has 4 nitrogen and oxygen atoms in total. The van der Waals surface area contributed by atoms with Crippen molar-refractivity contribution >= 4 is 7.32 Å². The number of hydrogen-bond donors (Lipinski definition) is 2. The Balaban J connectivity index is 2.26. The van der Waals surface area contributed by atoms with Crippen LogP contribution in [-0.4, -0.2) is 23.9 Å². The molecule has 1 heterocycles. The molecule has 0 aliphatic rings. The van der Waals surface area contributed by atoms with Gasteiger partial charge in [0, 0.05) is 6.20 Å². The summed E-state index contributed by atoms with van der Waals surface area (Å²) in [6, 6.07) is 3.44. The molecular weight excluding hydrogens is 157 g/mol. The van der Waals surface area contributed by atoms with E-state index in [2.05, 4.69) is 11.6 Å². The Labute approximate surface area is 71.0 Å². The van der Waals surface area contributed by atoms with Crippen molar-refractivity contribution < 1.29 is 14.3 Å². The lowest BCUT2D eigenvalue weighted by molar-refractivity contribution is 0.212. The van der Waals surface area contributed by atoms with Crippen molar-refractivity contribution in [2.75, 3.05) is 6.61 Å². The highest BCUT2D eigenvalue weighted by molar-refractivity contribution is 6.35. The van der Waals surface area contributed by atoms with Gasteiger partial charge in [0.25, 0.3) is 0 Å². The summed E-state index contributed by atoms with van der Waals surface area (Å²) in [4.78, 5) is 2.76. The Hall–Kier alpha value is -1.20. The standard InChI is InChI=1S/C7H10BNO3/c1-2-6-11-8(10)12-7-4-3-5-9-7/h2-5,9-10H,1,6H2. The molecule has 0 atom stereocenters. The van der Waals surface area contributed by atoms with Crippen LogP contribution in [0.5, 0.6) is 5.88 Å². The van der Waals surface area contributed by atoms with Gasteiger partial charge in [0.1, 0.15) is 0 Å². The lowest BCUT2D eigenvalue weighted by Gasteiger charge is -2.05.